The molecule has 0 aromatic heterocycles. The highest BCUT2D eigenvalue weighted by Crippen LogP contribution is 1.85. The van der Waals surface area contributed by atoms with Gasteiger partial charge in [-0.15, -0.1) is 0 Å². The van der Waals surface area contributed by atoms with Crippen LogP contribution in [-0.4, -0.2) is 31.4 Å². The molecule has 0 aromatic rings. The minimum Gasteiger partial charge on any atom is -0.383 e. The third-order valence-corrected chi connectivity index (χ3v) is 0.741. The van der Waals surface area contributed by atoms with Crippen molar-refractivity contribution in [3.63, 3.8) is 0 Å². The van der Waals surface area contributed by atoms with Gasteiger partial charge in [-0.3, -0.25) is 0 Å². The Balaban J connectivity index is 4.06. The highest BCUT2D eigenvalue weighted by Gasteiger charge is 1.84. The van der Waals surface area contributed by atoms with Gasteiger partial charge >= 0.3 is 0 Å². The van der Waals surface area contributed by atoms with E-state index < -0.39 is 0 Å². The van der Waals surface area contributed by atoms with Gasteiger partial charge in [-0.05, 0) is 0 Å². The molecule has 0 aromatic carbocycles. The molecule has 3 heteroatoms. The van der Waals surface area contributed by atoms with E-state index in [2.05, 4.69) is 0 Å². The molecule has 3 nitrogen and oxygen atoms in total. The standard InChI is InChI=1S/C6H11N3/c1-9(2)5-6(3-7)4-8/h3-5,7-8H,1-2H3. The molecule has 0 rings (SSSR count). The van der Waals surface area contributed by atoms with Gasteiger partial charge < -0.3 is 15.7 Å². The first-order chi connectivity index (χ1) is 4.20. The van der Waals surface area contributed by atoms with Crippen molar-refractivity contribution in [2.45, 2.75) is 0 Å². The van der Waals surface area contributed by atoms with E-state index in [1.165, 1.54) is 0 Å². The molecule has 0 saturated heterocycles. The molecule has 2 N–H and O–H groups in total. The fourth-order valence-electron chi connectivity index (χ4n) is 0.414. The van der Waals surface area contributed by atoms with Crippen LogP contribution in [0.4, 0.5) is 0 Å². The third kappa shape index (κ3) is 3.46. The second kappa shape index (κ2) is 3.83. The van der Waals surface area contributed by atoms with E-state index in [0.717, 1.165) is 12.4 Å². The van der Waals surface area contributed by atoms with Crippen molar-refractivity contribution >= 4 is 12.4 Å². The number of nitrogens with zero attached hydrogens (tertiary/aromatic N) is 1. The van der Waals surface area contributed by atoms with Crippen LogP contribution in [0.5, 0.6) is 0 Å². The van der Waals surface area contributed by atoms with Crippen LogP contribution in [-0.2, 0) is 0 Å². The molecule has 9 heavy (non-hydrogen) atoms. The molecular weight excluding hydrogens is 114 g/mol. The predicted molar refractivity (Wildman–Crippen MR) is 39.3 cm³/mol. The SMILES string of the molecule is CN(C)C=C(C=N)C=N. The van der Waals surface area contributed by atoms with E-state index in [-0.39, 0.29) is 0 Å². The van der Waals surface area contributed by atoms with Crippen LogP contribution in [0.2, 0.25) is 0 Å². The van der Waals surface area contributed by atoms with Gasteiger partial charge in [0.15, 0.2) is 0 Å². The van der Waals surface area contributed by atoms with E-state index in [4.69, 9.17) is 10.8 Å². The molecule has 0 unspecified atom stereocenters. The number of allylic oxidation sites excluding steroid dienone is 1. The Morgan fingerprint density at radius 2 is 1.67 bits per heavy atom. The minimum atomic E-state index is 0.597. The van der Waals surface area contributed by atoms with Gasteiger partial charge in [0.1, 0.15) is 0 Å². The Labute approximate surface area is 55.0 Å². The lowest BCUT2D eigenvalue weighted by molar-refractivity contribution is 0.563. The zero-order valence-corrected chi connectivity index (χ0v) is 5.68. The summed E-state index contributed by atoms with van der Waals surface area (Å²) >= 11 is 0. The first-order valence-electron chi connectivity index (χ1n) is 2.60. The molecule has 0 radical (unpaired) electrons. The number of hydrogen-bond acceptors (Lipinski definition) is 3. The average molecular weight is 125 g/mol. The van der Waals surface area contributed by atoms with Gasteiger partial charge in [0, 0.05) is 38.3 Å². The third-order valence-electron chi connectivity index (χ3n) is 0.741. The van der Waals surface area contributed by atoms with Crippen LogP contribution in [0.1, 0.15) is 0 Å². The summed E-state index contributed by atoms with van der Waals surface area (Å²) < 4.78 is 0. The maximum atomic E-state index is 6.78. The van der Waals surface area contributed by atoms with Crippen molar-refractivity contribution < 1.29 is 0 Å². The van der Waals surface area contributed by atoms with Gasteiger partial charge in [0.05, 0.1) is 0 Å². The van der Waals surface area contributed by atoms with Crippen molar-refractivity contribution in [3.05, 3.63) is 11.8 Å². The fraction of sp³-hybridized carbons (Fsp3) is 0.333. The van der Waals surface area contributed by atoms with Crippen LogP contribution in [0.3, 0.4) is 0 Å². The normalized spacial score (nSPS) is 7.78. The number of hydrogen-bond donors (Lipinski definition) is 2. The first-order valence-corrected chi connectivity index (χ1v) is 2.60. The molecule has 0 saturated carbocycles. The lowest BCUT2D eigenvalue weighted by Crippen LogP contribution is -2.03. The Morgan fingerprint density at radius 1 is 1.22 bits per heavy atom. The molecular formula is C6H11N3. The molecule has 0 aliphatic carbocycles. The Hall–Kier alpha value is -1.12. The largest absolute Gasteiger partial charge is 0.383 e. The molecule has 0 atom stereocenters. The lowest BCUT2D eigenvalue weighted by Gasteiger charge is -2.03. The Morgan fingerprint density at radius 3 is 1.78 bits per heavy atom. The highest BCUT2D eigenvalue weighted by molar-refractivity contribution is 6.01. The van der Waals surface area contributed by atoms with Crippen molar-refractivity contribution in [1.29, 1.82) is 10.8 Å². The Kier molecular flexibility index (Phi) is 3.35. The first kappa shape index (κ1) is 7.88. The van der Waals surface area contributed by atoms with E-state index in [1.54, 1.807) is 11.1 Å². The molecule has 50 valence electrons. The summed E-state index contributed by atoms with van der Waals surface area (Å²) in [4.78, 5) is 1.80. The molecule has 0 aliphatic rings. The summed E-state index contributed by atoms with van der Waals surface area (Å²) in [5, 5.41) is 13.6. The zero-order chi connectivity index (χ0) is 7.28. The highest BCUT2D eigenvalue weighted by atomic mass is 15.0. The van der Waals surface area contributed by atoms with E-state index in [9.17, 15) is 0 Å². The molecule has 0 fully saturated rings. The van der Waals surface area contributed by atoms with Crippen molar-refractivity contribution in [3.8, 4) is 0 Å². The molecule has 0 spiro atoms. The topological polar surface area (TPSA) is 50.9 Å². The zero-order valence-electron chi connectivity index (χ0n) is 5.68. The van der Waals surface area contributed by atoms with Gasteiger partial charge in [-0.25, -0.2) is 0 Å². The minimum absolute atomic E-state index is 0.597. The number of rotatable bonds is 3. The summed E-state index contributed by atoms with van der Waals surface area (Å²) in [5.41, 5.74) is 0.597. The molecule has 0 amide bonds. The summed E-state index contributed by atoms with van der Waals surface area (Å²) in [6, 6.07) is 0. The van der Waals surface area contributed by atoms with Gasteiger partial charge in [-0.2, -0.15) is 0 Å². The monoisotopic (exact) mass is 125 g/mol. The van der Waals surface area contributed by atoms with E-state index >= 15 is 0 Å². The second-order valence-corrected chi connectivity index (χ2v) is 1.88. The molecule has 0 heterocycles. The van der Waals surface area contributed by atoms with Crippen LogP contribution < -0.4 is 0 Å². The van der Waals surface area contributed by atoms with Gasteiger partial charge in [-0.1, -0.05) is 0 Å². The Bertz CT molecular complexity index is 125. The van der Waals surface area contributed by atoms with Crippen LogP contribution in [0.25, 0.3) is 0 Å². The fourth-order valence-corrected chi connectivity index (χ4v) is 0.414. The van der Waals surface area contributed by atoms with E-state index in [0.29, 0.717) is 5.57 Å². The summed E-state index contributed by atoms with van der Waals surface area (Å²) in [7, 11) is 3.71. The molecule has 0 bridgehead atoms. The maximum absolute atomic E-state index is 6.78. The van der Waals surface area contributed by atoms with Gasteiger partial charge in [0.25, 0.3) is 0 Å². The smallest absolute Gasteiger partial charge is 0.0280 e. The second-order valence-electron chi connectivity index (χ2n) is 1.88. The van der Waals surface area contributed by atoms with Crippen LogP contribution >= 0.6 is 0 Å². The lowest BCUT2D eigenvalue weighted by atomic mass is 10.3. The molecule has 0 aliphatic heterocycles. The summed E-state index contributed by atoms with van der Waals surface area (Å²) in [6.07, 6.45) is 4.00. The van der Waals surface area contributed by atoms with Crippen LogP contribution in [0.15, 0.2) is 11.8 Å². The van der Waals surface area contributed by atoms with Crippen molar-refractivity contribution in [1.82, 2.24) is 4.90 Å². The quantitative estimate of drug-likeness (QED) is 0.537. The van der Waals surface area contributed by atoms with Crippen molar-refractivity contribution in [2.75, 3.05) is 14.1 Å². The van der Waals surface area contributed by atoms with Crippen molar-refractivity contribution in [2.24, 2.45) is 0 Å². The van der Waals surface area contributed by atoms with Gasteiger partial charge in [0.2, 0.25) is 0 Å². The van der Waals surface area contributed by atoms with Crippen LogP contribution in [0, 0.1) is 10.8 Å². The maximum Gasteiger partial charge on any atom is 0.0280 e. The van der Waals surface area contributed by atoms with E-state index in [1.807, 2.05) is 14.1 Å². The average Bonchev–Trinajstić information content (AvgIpc) is 1.82. The summed E-state index contributed by atoms with van der Waals surface area (Å²) in [6.45, 7) is 0. The number of nitrogens with one attached hydrogen (secondary N) is 2. The predicted octanol–water partition coefficient (Wildman–Crippen LogP) is 0.731. The summed E-state index contributed by atoms with van der Waals surface area (Å²) in [5.74, 6) is 0.